The van der Waals surface area contributed by atoms with Gasteiger partial charge in [0.05, 0.1) is 6.42 Å². The summed E-state index contributed by atoms with van der Waals surface area (Å²) in [6.45, 7) is 4.10. The van der Waals surface area contributed by atoms with E-state index in [1.165, 1.54) is 0 Å². The number of fused-ring (bicyclic) bond motifs is 1. The van der Waals surface area contributed by atoms with E-state index in [2.05, 4.69) is 0 Å². The molecule has 0 spiro atoms. The summed E-state index contributed by atoms with van der Waals surface area (Å²) in [5, 5.41) is 16.9. The maximum absolute atomic E-state index is 10.5. The minimum absolute atomic E-state index is 0.0976. The van der Waals surface area contributed by atoms with Crippen molar-refractivity contribution in [3.63, 3.8) is 0 Å². The molecule has 0 fully saturated rings. The molecule has 1 aliphatic rings. The van der Waals surface area contributed by atoms with Gasteiger partial charge in [0.15, 0.2) is 11.5 Å². The highest BCUT2D eigenvalue weighted by Crippen LogP contribution is 2.34. The van der Waals surface area contributed by atoms with Gasteiger partial charge in [-0.25, -0.2) is 0 Å². The largest absolute Gasteiger partial charge is 0.481 e. The van der Waals surface area contributed by atoms with E-state index >= 15 is 0 Å². The zero-order valence-corrected chi connectivity index (χ0v) is 13.8. The summed E-state index contributed by atoms with van der Waals surface area (Å²) >= 11 is 0. The molecule has 134 valence electrons. The van der Waals surface area contributed by atoms with Gasteiger partial charge in [0.2, 0.25) is 6.79 Å². The molecular weight excluding hydrogens is 316 g/mol. The highest BCUT2D eigenvalue weighted by atomic mass is 16.7. The van der Waals surface area contributed by atoms with Crippen molar-refractivity contribution in [2.75, 3.05) is 6.79 Å². The maximum atomic E-state index is 10.5. The molecule has 0 saturated carbocycles. The van der Waals surface area contributed by atoms with Gasteiger partial charge in [-0.1, -0.05) is 19.9 Å². The molecule has 0 aromatic heterocycles. The van der Waals surface area contributed by atoms with Crippen molar-refractivity contribution < 1.29 is 29.3 Å². The molecule has 8 heteroatoms. The summed E-state index contributed by atoms with van der Waals surface area (Å²) < 4.78 is 10.3. The van der Waals surface area contributed by atoms with Gasteiger partial charge in [0, 0.05) is 6.04 Å². The lowest BCUT2D eigenvalue weighted by atomic mass is 10.0. The topological polar surface area (TPSA) is 145 Å². The van der Waals surface area contributed by atoms with Crippen LogP contribution in [0.15, 0.2) is 18.2 Å². The second-order valence-corrected chi connectivity index (χ2v) is 5.89. The van der Waals surface area contributed by atoms with Gasteiger partial charge in [0.1, 0.15) is 6.04 Å². The number of hydrogen-bond donors (Lipinski definition) is 4. The fourth-order valence-corrected chi connectivity index (χ4v) is 2.06. The molecule has 0 aliphatic carbocycles. The van der Waals surface area contributed by atoms with Crippen molar-refractivity contribution in [2.45, 2.75) is 38.8 Å². The van der Waals surface area contributed by atoms with E-state index in [0.717, 1.165) is 5.56 Å². The van der Waals surface area contributed by atoms with Gasteiger partial charge >= 0.3 is 11.9 Å². The van der Waals surface area contributed by atoms with Gasteiger partial charge < -0.3 is 31.2 Å². The Labute approximate surface area is 140 Å². The van der Waals surface area contributed by atoms with E-state index in [1.807, 2.05) is 13.8 Å². The Kier molecular flexibility index (Phi) is 7.47. The fraction of sp³-hybridized carbons (Fsp3) is 0.500. The Morgan fingerprint density at radius 2 is 1.79 bits per heavy atom. The minimum atomic E-state index is -0.917. The van der Waals surface area contributed by atoms with Gasteiger partial charge in [-0.3, -0.25) is 9.59 Å². The van der Waals surface area contributed by atoms with Crippen LogP contribution in [-0.4, -0.2) is 35.0 Å². The molecule has 0 amide bonds. The molecule has 6 N–H and O–H groups in total. The van der Waals surface area contributed by atoms with Crippen molar-refractivity contribution in [3.05, 3.63) is 23.8 Å². The van der Waals surface area contributed by atoms with Gasteiger partial charge in [0.25, 0.3) is 0 Å². The molecule has 2 rings (SSSR count). The lowest BCUT2D eigenvalue weighted by Gasteiger charge is -2.09. The van der Waals surface area contributed by atoms with Crippen LogP contribution in [0.3, 0.4) is 0 Å². The smallest absolute Gasteiger partial charge is 0.320 e. The second kappa shape index (κ2) is 9.09. The van der Waals surface area contributed by atoms with Crippen LogP contribution >= 0.6 is 0 Å². The third-order valence-corrected chi connectivity index (χ3v) is 3.26. The lowest BCUT2D eigenvalue weighted by Crippen LogP contribution is -2.31. The Hall–Kier alpha value is -2.32. The average molecular weight is 340 g/mol. The number of benzene rings is 1. The summed E-state index contributed by atoms with van der Waals surface area (Å²) in [5.41, 5.74) is 11.7. The molecule has 1 aromatic rings. The zero-order chi connectivity index (χ0) is 18.3. The monoisotopic (exact) mass is 340 g/mol. The quantitative estimate of drug-likeness (QED) is 0.607. The fourth-order valence-electron chi connectivity index (χ4n) is 2.06. The minimum Gasteiger partial charge on any atom is -0.481 e. The Bertz CT molecular complexity index is 576. The first-order valence-corrected chi connectivity index (χ1v) is 7.56. The summed E-state index contributed by atoms with van der Waals surface area (Å²) in [7, 11) is 0. The number of carboxylic acids is 2. The van der Waals surface area contributed by atoms with Gasteiger partial charge in [-0.2, -0.15) is 0 Å². The molecule has 2 atom stereocenters. The van der Waals surface area contributed by atoms with E-state index in [-0.39, 0.29) is 13.2 Å². The number of carbonyl (C=O) groups is 2. The maximum Gasteiger partial charge on any atom is 0.320 e. The van der Waals surface area contributed by atoms with Crippen LogP contribution < -0.4 is 20.9 Å². The summed E-state index contributed by atoms with van der Waals surface area (Å²) in [6.07, 6.45) is 0.453. The molecule has 1 aliphatic heterocycles. The van der Waals surface area contributed by atoms with Crippen LogP contribution in [0.4, 0.5) is 0 Å². The van der Waals surface area contributed by atoms with Crippen LogP contribution in [0.5, 0.6) is 11.5 Å². The number of hydrogen-bond acceptors (Lipinski definition) is 6. The number of nitrogens with two attached hydrogens (primary N) is 2. The molecule has 1 aromatic carbocycles. The van der Waals surface area contributed by atoms with Gasteiger partial charge in [-0.15, -0.1) is 0 Å². The second-order valence-electron chi connectivity index (χ2n) is 5.89. The molecule has 2 unspecified atom stereocenters. The van der Waals surface area contributed by atoms with Crippen LogP contribution in [-0.2, 0) is 9.59 Å². The number of carboxylic acid groups (broad SMARTS) is 2. The Morgan fingerprint density at radius 3 is 2.29 bits per heavy atom. The third-order valence-electron chi connectivity index (χ3n) is 3.26. The molecule has 0 radical (unpaired) electrons. The summed E-state index contributed by atoms with van der Waals surface area (Å²) in [5.74, 6) is -0.186. The molecule has 8 nitrogen and oxygen atoms in total. The molecule has 1 heterocycles. The van der Waals surface area contributed by atoms with E-state index in [9.17, 15) is 9.59 Å². The highest BCUT2D eigenvalue weighted by molar-refractivity contribution is 5.73. The number of ether oxygens (including phenoxy) is 2. The van der Waals surface area contributed by atoms with E-state index < -0.39 is 24.0 Å². The lowest BCUT2D eigenvalue weighted by molar-refractivity contribution is -0.139. The SMILES string of the molecule is CC(C)CC(N)C(=O)O.NC(CC(=O)O)c1ccc2c(c1)OCO2. The van der Waals surface area contributed by atoms with Crippen molar-refractivity contribution in [1.29, 1.82) is 0 Å². The Morgan fingerprint density at radius 1 is 1.17 bits per heavy atom. The van der Waals surface area contributed by atoms with E-state index in [4.69, 9.17) is 31.2 Å². The predicted octanol–water partition coefficient (Wildman–Crippen LogP) is 1.33. The predicted molar refractivity (Wildman–Crippen MR) is 86.8 cm³/mol. The van der Waals surface area contributed by atoms with Crippen LogP contribution in [0.2, 0.25) is 0 Å². The number of rotatable bonds is 6. The standard InChI is InChI=1S/C10H11NO4.C6H13NO2/c11-7(4-10(12)13)6-1-2-8-9(3-6)15-5-14-8;1-4(2)3-5(7)6(8)9/h1-3,7H,4-5,11H2,(H,12,13);4-5H,3,7H2,1-2H3,(H,8,9). The molecule has 0 saturated heterocycles. The van der Waals surface area contributed by atoms with E-state index in [1.54, 1.807) is 18.2 Å². The third kappa shape index (κ3) is 6.43. The molecular formula is C16H24N2O6. The molecule has 24 heavy (non-hydrogen) atoms. The number of aliphatic carboxylic acids is 2. The van der Waals surface area contributed by atoms with Crippen LogP contribution in [0.25, 0.3) is 0 Å². The highest BCUT2D eigenvalue weighted by Gasteiger charge is 2.17. The van der Waals surface area contributed by atoms with Crippen molar-refractivity contribution in [2.24, 2.45) is 17.4 Å². The first kappa shape index (κ1) is 19.7. The normalized spacial score (nSPS) is 14.5. The van der Waals surface area contributed by atoms with E-state index in [0.29, 0.717) is 23.8 Å². The van der Waals surface area contributed by atoms with Crippen molar-refractivity contribution in [1.82, 2.24) is 0 Å². The average Bonchev–Trinajstić information content (AvgIpc) is 2.93. The van der Waals surface area contributed by atoms with Crippen LogP contribution in [0, 0.1) is 5.92 Å². The summed E-state index contributed by atoms with van der Waals surface area (Å²) in [6, 6.07) is 4.00. The van der Waals surface area contributed by atoms with Crippen LogP contribution in [0.1, 0.15) is 38.3 Å². The summed E-state index contributed by atoms with van der Waals surface area (Å²) in [4.78, 5) is 20.6. The van der Waals surface area contributed by atoms with Gasteiger partial charge in [-0.05, 0) is 30.0 Å². The first-order valence-electron chi connectivity index (χ1n) is 7.56. The van der Waals surface area contributed by atoms with Crippen molar-refractivity contribution in [3.8, 4) is 11.5 Å². The first-order chi connectivity index (χ1) is 11.2. The van der Waals surface area contributed by atoms with Crippen molar-refractivity contribution >= 4 is 11.9 Å². The molecule has 0 bridgehead atoms. The zero-order valence-electron chi connectivity index (χ0n) is 13.8. The Balaban J connectivity index is 0.000000277.